The van der Waals surface area contributed by atoms with Crippen molar-refractivity contribution in [2.75, 3.05) is 5.32 Å². The van der Waals surface area contributed by atoms with Crippen LogP contribution < -0.4 is 5.32 Å². The average molecular weight is 504 g/mol. The van der Waals surface area contributed by atoms with E-state index in [0.717, 1.165) is 22.7 Å². The number of aromatic carboxylic acids is 1. The first-order valence-corrected chi connectivity index (χ1v) is 12.5. The minimum absolute atomic E-state index is 0.00586. The third kappa shape index (κ3) is 4.26. The molecule has 3 aromatic rings. The maximum atomic E-state index is 12.7. The van der Waals surface area contributed by atoms with Gasteiger partial charge in [0, 0.05) is 21.3 Å². The number of sulfone groups is 1. The molecule has 1 amide bonds. The van der Waals surface area contributed by atoms with E-state index in [1.54, 1.807) is 29.6 Å². The number of rotatable bonds is 6. The predicted molar refractivity (Wildman–Crippen MR) is 121 cm³/mol. The van der Waals surface area contributed by atoms with Gasteiger partial charge in [0.25, 0.3) is 5.91 Å². The van der Waals surface area contributed by atoms with Gasteiger partial charge < -0.3 is 10.4 Å². The zero-order valence-electron chi connectivity index (χ0n) is 15.6. The molecule has 0 aliphatic heterocycles. The minimum Gasteiger partial charge on any atom is -0.478 e. The Kier molecular flexibility index (Phi) is 6.59. The van der Waals surface area contributed by atoms with Gasteiger partial charge in [-0.15, -0.1) is 22.7 Å². The quantitative estimate of drug-likeness (QED) is 0.434. The van der Waals surface area contributed by atoms with Gasteiger partial charge >= 0.3 is 5.97 Å². The predicted octanol–water partition coefficient (Wildman–Crippen LogP) is 5.92. The van der Waals surface area contributed by atoms with Crippen LogP contribution in [0.4, 0.5) is 5.00 Å². The molecule has 3 rings (SSSR count). The first kappa shape index (κ1) is 22.8. The smallest absolute Gasteiger partial charge is 0.339 e. The lowest BCUT2D eigenvalue weighted by atomic mass is 10.0. The van der Waals surface area contributed by atoms with Crippen molar-refractivity contribution in [3.63, 3.8) is 0 Å². The molecule has 0 fully saturated rings. The monoisotopic (exact) mass is 503 g/mol. The van der Waals surface area contributed by atoms with Crippen LogP contribution in [0.3, 0.4) is 0 Å². The second kappa shape index (κ2) is 8.68. The van der Waals surface area contributed by atoms with Crippen molar-refractivity contribution in [2.45, 2.75) is 24.0 Å². The van der Waals surface area contributed by atoms with Gasteiger partial charge in [0.15, 0.2) is 9.84 Å². The van der Waals surface area contributed by atoms with E-state index in [4.69, 9.17) is 23.2 Å². The summed E-state index contributed by atoms with van der Waals surface area (Å²) in [7, 11) is -3.65. The Morgan fingerprint density at radius 2 is 1.70 bits per heavy atom. The normalized spacial score (nSPS) is 11.6. The molecular formula is C19H15Cl2NO5S3. The molecule has 30 heavy (non-hydrogen) atoms. The summed E-state index contributed by atoms with van der Waals surface area (Å²) in [6.45, 7) is 3.04. The van der Waals surface area contributed by atoms with E-state index >= 15 is 0 Å². The number of halogens is 2. The number of hydrogen-bond donors (Lipinski definition) is 2. The maximum absolute atomic E-state index is 12.7. The summed E-state index contributed by atoms with van der Waals surface area (Å²) >= 11 is 14.0. The molecular weight excluding hydrogens is 489 g/mol. The number of thiophene rings is 2. The number of carbonyl (C=O) groups excluding carboxylic acids is 1. The van der Waals surface area contributed by atoms with Gasteiger partial charge in [-0.05, 0) is 31.5 Å². The number of amides is 1. The average Bonchev–Trinajstić information content (AvgIpc) is 3.26. The van der Waals surface area contributed by atoms with E-state index in [1.807, 2.05) is 0 Å². The Hall–Kier alpha value is -1.91. The molecule has 0 saturated carbocycles. The lowest BCUT2D eigenvalue weighted by Gasteiger charge is -2.07. The fourth-order valence-electron chi connectivity index (χ4n) is 2.59. The van der Waals surface area contributed by atoms with E-state index in [2.05, 4.69) is 5.32 Å². The summed E-state index contributed by atoms with van der Waals surface area (Å²) in [4.78, 5) is 24.5. The summed E-state index contributed by atoms with van der Waals surface area (Å²) in [5.41, 5.74) is 0.992. The molecule has 0 radical (unpaired) electrons. The molecule has 6 nitrogen and oxygen atoms in total. The zero-order valence-corrected chi connectivity index (χ0v) is 19.6. The van der Waals surface area contributed by atoms with Crippen molar-refractivity contribution in [2.24, 2.45) is 0 Å². The van der Waals surface area contributed by atoms with Crippen LogP contribution in [-0.2, 0) is 9.84 Å². The second-order valence-electron chi connectivity index (χ2n) is 6.46. The molecule has 0 spiro atoms. The van der Waals surface area contributed by atoms with E-state index in [-0.39, 0.29) is 25.4 Å². The van der Waals surface area contributed by atoms with E-state index < -0.39 is 27.0 Å². The number of hydrogen-bond acceptors (Lipinski definition) is 6. The standard InChI is InChI=1S/C19H15Cl2NO5S3/c1-9(2)30(26,27)13-8-28-16(15(13)21)17(23)22-18-14(19(24)25)12(7-29-18)10-3-5-11(20)6-4-10/h3-9H,1-2H3,(H,22,23)(H,24,25). The lowest BCUT2D eigenvalue weighted by Crippen LogP contribution is -2.15. The number of carboxylic acid groups (broad SMARTS) is 1. The maximum Gasteiger partial charge on any atom is 0.339 e. The topological polar surface area (TPSA) is 101 Å². The number of carboxylic acids is 1. The highest BCUT2D eigenvalue weighted by atomic mass is 35.5. The third-order valence-corrected chi connectivity index (χ3v) is 9.29. The van der Waals surface area contributed by atoms with Crippen LogP contribution in [0.5, 0.6) is 0 Å². The molecule has 2 N–H and O–H groups in total. The van der Waals surface area contributed by atoms with Gasteiger partial charge in [-0.25, -0.2) is 13.2 Å². The number of carbonyl (C=O) groups is 2. The second-order valence-corrected chi connectivity index (χ2v) is 11.5. The lowest BCUT2D eigenvalue weighted by molar-refractivity contribution is 0.0699. The van der Waals surface area contributed by atoms with Gasteiger partial charge in [0.05, 0.1) is 15.2 Å². The Morgan fingerprint density at radius 1 is 1.07 bits per heavy atom. The van der Waals surface area contributed by atoms with E-state index in [1.165, 1.54) is 19.2 Å². The minimum atomic E-state index is -3.65. The Balaban J connectivity index is 1.96. The van der Waals surface area contributed by atoms with Crippen molar-refractivity contribution >= 4 is 72.6 Å². The van der Waals surface area contributed by atoms with Crippen molar-refractivity contribution in [1.29, 1.82) is 0 Å². The molecule has 0 aliphatic rings. The summed E-state index contributed by atoms with van der Waals surface area (Å²) in [5.74, 6) is -1.89. The molecule has 2 aromatic heterocycles. The highest BCUT2D eigenvalue weighted by Crippen LogP contribution is 2.38. The van der Waals surface area contributed by atoms with Crippen LogP contribution in [0.2, 0.25) is 10.0 Å². The highest BCUT2D eigenvalue weighted by Gasteiger charge is 2.29. The molecule has 158 valence electrons. The van der Waals surface area contributed by atoms with E-state index in [0.29, 0.717) is 16.1 Å². The SMILES string of the molecule is CC(C)S(=O)(=O)c1csc(C(=O)Nc2scc(-c3ccc(Cl)cc3)c2C(=O)O)c1Cl. The molecule has 11 heteroatoms. The van der Waals surface area contributed by atoms with Crippen molar-refractivity contribution in [1.82, 2.24) is 0 Å². The van der Waals surface area contributed by atoms with Crippen LogP contribution in [0.25, 0.3) is 11.1 Å². The van der Waals surface area contributed by atoms with Gasteiger partial charge in [0.1, 0.15) is 15.4 Å². The number of nitrogens with one attached hydrogen (secondary N) is 1. The summed E-state index contributed by atoms with van der Waals surface area (Å²) in [6, 6.07) is 6.64. The third-order valence-electron chi connectivity index (χ3n) is 4.22. The Morgan fingerprint density at radius 3 is 2.27 bits per heavy atom. The van der Waals surface area contributed by atoms with Crippen LogP contribution in [0.15, 0.2) is 39.9 Å². The fourth-order valence-corrected chi connectivity index (χ4v) is 6.65. The van der Waals surface area contributed by atoms with Crippen LogP contribution >= 0.6 is 45.9 Å². The summed E-state index contributed by atoms with van der Waals surface area (Å²) < 4.78 is 24.8. The van der Waals surface area contributed by atoms with Crippen molar-refractivity contribution < 1.29 is 23.1 Å². The molecule has 0 aliphatic carbocycles. The first-order chi connectivity index (χ1) is 14.0. The number of anilines is 1. The van der Waals surface area contributed by atoms with E-state index in [9.17, 15) is 23.1 Å². The Labute approximate surface area is 191 Å². The van der Waals surface area contributed by atoms with Crippen LogP contribution in [0, 0.1) is 0 Å². The summed E-state index contributed by atoms with van der Waals surface area (Å²) in [6.07, 6.45) is 0. The molecule has 0 atom stereocenters. The molecule has 1 aromatic carbocycles. The molecule has 0 bridgehead atoms. The molecule has 0 saturated heterocycles. The van der Waals surface area contributed by atoms with Crippen molar-refractivity contribution in [3.05, 3.63) is 55.5 Å². The van der Waals surface area contributed by atoms with Gasteiger partial charge in [-0.2, -0.15) is 0 Å². The Bertz CT molecular complexity index is 1230. The van der Waals surface area contributed by atoms with Crippen LogP contribution in [-0.4, -0.2) is 30.7 Å². The van der Waals surface area contributed by atoms with Crippen molar-refractivity contribution in [3.8, 4) is 11.1 Å². The molecule has 2 heterocycles. The fraction of sp³-hybridized carbons (Fsp3) is 0.158. The summed E-state index contributed by atoms with van der Waals surface area (Å²) in [5, 5.41) is 14.9. The first-order valence-electron chi connectivity index (χ1n) is 8.47. The molecule has 0 unspecified atom stereocenters. The van der Waals surface area contributed by atoms with Gasteiger partial charge in [-0.3, -0.25) is 4.79 Å². The highest BCUT2D eigenvalue weighted by molar-refractivity contribution is 7.92. The van der Waals surface area contributed by atoms with Crippen LogP contribution in [0.1, 0.15) is 33.9 Å². The largest absolute Gasteiger partial charge is 0.478 e. The number of benzene rings is 1. The van der Waals surface area contributed by atoms with Gasteiger partial charge in [-0.1, -0.05) is 35.3 Å². The zero-order chi connectivity index (χ0) is 22.2. The van der Waals surface area contributed by atoms with Gasteiger partial charge in [0.2, 0.25) is 0 Å².